The summed E-state index contributed by atoms with van der Waals surface area (Å²) in [5.74, 6) is 0.879. The number of aromatic nitrogens is 2. The summed E-state index contributed by atoms with van der Waals surface area (Å²) in [5.41, 5.74) is 0.952. The van der Waals surface area contributed by atoms with Crippen LogP contribution in [0.2, 0.25) is 5.02 Å². The van der Waals surface area contributed by atoms with E-state index < -0.39 is 0 Å². The first kappa shape index (κ1) is 18.8. The highest BCUT2D eigenvalue weighted by Gasteiger charge is 2.27. The molecule has 3 rings (SSSR count). The molecule has 0 unspecified atom stereocenters. The number of carbonyl (C=O) groups is 1. The van der Waals surface area contributed by atoms with Crippen LogP contribution in [-0.2, 0) is 27.2 Å². The first-order valence-corrected chi connectivity index (χ1v) is 9.05. The molecule has 0 aliphatic carbocycles. The van der Waals surface area contributed by atoms with Gasteiger partial charge in [0.15, 0.2) is 5.82 Å². The van der Waals surface area contributed by atoms with Gasteiger partial charge in [0.1, 0.15) is 0 Å². The van der Waals surface area contributed by atoms with E-state index in [4.69, 9.17) is 25.6 Å². The standard InChI is InChI=1S/C18H22ClN3O4/c1-2-25-18(23)10-14-12-24-8-7-22(14)11-17-20-16(21-26-17)9-13-5-3-4-6-15(13)19/h3-6,14H,2,7-12H2,1H3/t14-/m0/s1. The van der Waals surface area contributed by atoms with Crippen LogP contribution in [0, 0.1) is 0 Å². The average Bonchev–Trinajstić information content (AvgIpc) is 3.06. The Morgan fingerprint density at radius 3 is 3.08 bits per heavy atom. The van der Waals surface area contributed by atoms with Gasteiger partial charge in [0.25, 0.3) is 0 Å². The van der Waals surface area contributed by atoms with Crippen molar-refractivity contribution in [2.75, 3.05) is 26.4 Å². The van der Waals surface area contributed by atoms with Crippen LogP contribution in [0.4, 0.5) is 0 Å². The van der Waals surface area contributed by atoms with Crippen molar-refractivity contribution in [2.24, 2.45) is 0 Å². The summed E-state index contributed by atoms with van der Waals surface area (Å²) in [4.78, 5) is 18.4. The molecule has 1 aromatic carbocycles. The molecule has 0 saturated carbocycles. The normalized spacial score (nSPS) is 18.0. The maximum absolute atomic E-state index is 11.8. The zero-order valence-electron chi connectivity index (χ0n) is 14.7. The number of esters is 1. The molecule has 7 nitrogen and oxygen atoms in total. The number of morpholine rings is 1. The number of hydrogen-bond acceptors (Lipinski definition) is 7. The van der Waals surface area contributed by atoms with E-state index in [9.17, 15) is 4.79 Å². The van der Waals surface area contributed by atoms with Crippen LogP contribution in [0.15, 0.2) is 28.8 Å². The second kappa shape index (κ2) is 9.12. The number of rotatable bonds is 7. The minimum absolute atomic E-state index is 0.0540. The Kier molecular flexibility index (Phi) is 6.60. The molecule has 140 valence electrons. The summed E-state index contributed by atoms with van der Waals surface area (Å²) < 4.78 is 15.9. The van der Waals surface area contributed by atoms with Crippen molar-refractivity contribution < 1.29 is 18.8 Å². The molecular weight excluding hydrogens is 358 g/mol. The molecule has 0 bridgehead atoms. The second-order valence-corrected chi connectivity index (χ2v) is 6.49. The third-order valence-electron chi connectivity index (χ3n) is 4.21. The molecule has 1 aromatic heterocycles. The number of halogens is 1. The van der Waals surface area contributed by atoms with Crippen LogP contribution in [-0.4, -0.2) is 53.4 Å². The lowest BCUT2D eigenvalue weighted by molar-refractivity contribution is -0.146. The van der Waals surface area contributed by atoms with Crippen molar-refractivity contribution in [2.45, 2.75) is 32.4 Å². The molecule has 8 heteroatoms. The number of hydrogen-bond donors (Lipinski definition) is 0. The lowest BCUT2D eigenvalue weighted by atomic mass is 10.1. The van der Waals surface area contributed by atoms with Gasteiger partial charge in [-0.05, 0) is 18.6 Å². The van der Waals surface area contributed by atoms with Crippen molar-refractivity contribution in [1.29, 1.82) is 0 Å². The first-order chi connectivity index (χ1) is 12.7. The Morgan fingerprint density at radius 1 is 1.42 bits per heavy atom. The molecule has 0 N–H and O–H groups in total. The summed E-state index contributed by atoms with van der Waals surface area (Å²) >= 11 is 6.18. The van der Waals surface area contributed by atoms with E-state index in [1.807, 2.05) is 24.3 Å². The lowest BCUT2D eigenvalue weighted by Crippen LogP contribution is -2.46. The summed E-state index contributed by atoms with van der Waals surface area (Å²) in [7, 11) is 0. The summed E-state index contributed by atoms with van der Waals surface area (Å²) in [6, 6.07) is 7.54. The summed E-state index contributed by atoms with van der Waals surface area (Å²) in [5, 5.41) is 4.72. The molecule has 2 aromatic rings. The van der Waals surface area contributed by atoms with Gasteiger partial charge in [0.2, 0.25) is 5.89 Å². The molecule has 1 aliphatic rings. The van der Waals surface area contributed by atoms with Crippen molar-refractivity contribution >= 4 is 17.6 Å². The quantitative estimate of drug-likeness (QED) is 0.684. The molecule has 1 aliphatic heterocycles. The van der Waals surface area contributed by atoms with Gasteiger partial charge in [-0.3, -0.25) is 9.69 Å². The highest BCUT2D eigenvalue weighted by atomic mass is 35.5. The third-order valence-corrected chi connectivity index (χ3v) is 4.58. The Bertz CT molecular complexity index is 737. The fraction of sp³-hybridized carbons (Fsp3) is 0.500. The monoisotopic (exact) mass is 379 g/mol. The molecule has 1 atom stereocenters. The Balaban J connectivity index is 1.61. The van der Waals surface area contributed by atoms with E-state index in [1.165, 1.54) is 0 Å². The van der Waals surface area contributed by atoms with Crippen LogP contribution >= 0.6 is 11.6 Å². The highest BCUT2D eigenvalue weighted by molar-refractivity contribution is 6.31. The Morgan fingerprint density at radius 2 is 2.27 bits per heavy atom. The van der Waals surface area contributed by atoms with Crippen LogP contribution in [0.5, 0.6) is 0 Å². The Labute approximate surface area is 157 Å². The largest absolute Gasteiger partial charge is 0.466 e. The number of benzene rings is 1. The predicted molar refractivity (Wildman–Crippen MR) is 94.8 cm³/mol. The molecule has 0 radical (unpaired) electrons. The maximum atomic E-state index is 11.8. The van der Waals surface area contributed by atoms with Crippen molar-refractivity contribution in [3.8, 4) is 0 Å². The summed E-state index contributed by atoms with van der Waals surface area (Å²) in [6.45, 7) is 4.45. The van der Waals surface area contributed by atoms with Crippen LogP contribution < -0.4 is 0 Å². The van der Waals surface area contributed by atoms with E-state index >= 15 is 0 Å². The van der Waals surface area contributed by atoms with E-state index in [2.05, 4.69) is 15.0 Å². The van der Waals surface area contributed by atoms with E-state index in [0.717, 1.165) is 5.56 Å². The first-order valence-electron chi connectivity index (χ1n) is 8.68. The van der Waals surface area contributed by atoms with Gasteiger partial charge in [0.05, 0.1) is 32.8 Å². The lowest BCUT2D eigenvalue weighted by Gasteiger charge is -2.33. The van der Waals surface area contributed by atoms with Crippen molar-refractivity contribution in [3.05, 3.63) is 46.6 Å². The van der Waals surface area contributed by atoms with Gasteiger partial charge >= 0.3 is 5.97 Å². The van der Waals surface area contributed by atoms with Gasteiger partial charge < -0.3 is 14.0 Å². The fourth-order valence-electron chi connectivity index (χ4n) is 2.91. The summed E-state index contributed by atoms with van der Waals surface area (Å²) in [6.07, 6.45) is 0.799. The second-order valence-electron chi connectivity index (χ2n) is 6.08. The number of ether oxygens (including phenoxy) is 2. The van der Waals surface area contributed by atoms with Crippen LogP contribution in [0.3, 0.4) is 0 Å². The molecule has 0 spiro atoms. The maximum Gasteiger partial charge on any atom is 0.307 e. The molecule has 1 saturated heterocycles. The predicted octanol–water partition coefficient (Wildman–Crippen LogP) is 2.47. The minimum atomic E-state index is -0.224. The van der Waals surface area contributed by atoms with Gasteiger partial charge in [-0.1, -0.05) is 35.0 Å². The molecular formula is C18H22ClN3O4. The van der Waals surface area contributed by atoms with E-state index in [1.54, 1.807) is 6.92 Å². The van der Waals surface area contributed by atoms with Gasteiger partial charge in [0, 0.05) is 24.0 Å². The molecule has 2 heterocycles. The van der Waals surface area contributed by atoms with Crippen LogP contribution in [0.1, 0.15) is 30.6 Å². The van der Waals surface area contributed by atoms with E-state index in [-0.39, 0.29) is 18.4 Å². The third kappa shape index (κ3) is 5.03. The SMILES string of the molecule is CCOC(=O)C[C@H]1COCCN1Cc1nc(Cc2ccccc2Cl)no1. The van der Waals surface area contributed by atoms with Crippen molar-refractivity contribution in [3.63, 3.8) is 0 Å². The molecule has 1 fully saturated rings. The fourth-order valence-corrected chi connectivity index (χ4v) is 3.11. The zero-order valence-corrected chi connectivity index (χ0v) is 15.4. The number of nitrogens with zero attached hydrogens (tertiary/aromatic N) is 3. The molecule has 0 amide bonds. The van der Waals surface area contributed by atoms with Gasteiger partial charge in [-0.25, -0.2) is 0 Å². The van der Waals surface area contributed by atoms with Gasteiger partial charge in [-0.2, -0.15) is 4.98 Å². The minimum Gasteiger partial charge on any atom is -0.466 e. The molecule has 26 heavy (non-hydrogen) atoms. The Hall–Kier alpha value is -1.96. The van der Waals surface area contributed by atoms with E-state index in [0.29, 0.717) is 56.1 Å². The van der Waals surface area contributed by atoms with Crippen LogP contribution in [0.25, 0.3) is 0 Å². The topological polar surface area (TPSA) is 77.7 Å². The smallest absolute Gasteiger partial charge is 0.307 e. The average molecular weight is 380 g/mol. The zero-order chi connectivity index (χ0) is 18.4. The highest BCUT2D eigenvalue weighted by Crippen LogP contribution is 2.19. The number of carbonyl (C=O) groups excluding carboxylic acids is 1. The van der Waals surface area contributed by atoms with Crippen molar-refractivity contribution in [1.82, 2.24) is 15.0 Å². The van der Waals surface area contributed by atoms with Gasteiger partial charge in [-0.15, -0.1) is 0 Å².